The van der Waals surface area contributed by atoms with Crippen LogP contribution in [-0.4, -0.2) is 72.3 Å². The van der Waals surface area contributed by atoms with Gasteiger partial charge in [0.1, 0.15) is 18.3 Å². The first-order valence-electron chi connectivity index (χ1n) is 4.22. The zero-order valence-corrected chi connectivity index (χ0v) is 10.6. The van der Waals surface area contributed by atoms with Crippen LogP contribution in [0.1, 0.15) is 0 Å². The van der Waals surface area contributed by atoms with Gasteiger partial charge in [-0.05, 0) is 0 Å². The maximum atomic E-state index is 10.8. The molecular formula is C6H13O10P2. The number of aliphatic hydroxyl groups is 5. The Hall–Kier alpha value is -0.150. The minimum absolute atomic E-state index is 0. The molecular weight excluding hydrogens is 294 g/mol. The molecule has 4 atom stereocenters. The van der Waals surface area contributed by atoms with Crippen LogP contribution in [-0.2, 0) is 13.9 Å². The predicted octanol–water partition coefficient (Wildman–Crippen LogP) is -3.08. The molecule has 0 aliphatic rings. The fourth-order valence-electron chi connectivity index (χ4n) is 0.833. The van der Waals surface area contributed by atoms with E-state index in [2.05, 4.69) is 4.52 Å². The van der Waals surface area contributed by atoms with Crippen LogP contribution in [0.3, 0.4) is 0 Å². The number of phosphoric ester groups is 1. The van der Waals surface area contributed by atoms with Crippen molar-refractivity contribution in [3.05, 3.63) is 0 Å². The third-order valence-electron chi connectivity index (χ3n) is 1.71. The molecule has 18 heavy (non-hydrogen) atoms. The Labute approximate surface area is 105 Å². The summed E-state index contributed by atoms with van der Waals surface area (Å²) in [6, 6.07) is 0. The molecule has 10 nitrogen and oxygen atoms in total. The molecule has 12 heteroatoms. The second kappa shape index (κ2) is 8.11. The van der Waals surface area contributed by atoms with Gasteiger partial charge in [0.15, 0.2) is 6.10 Å². The molecule has 7 N–H and O–H groups in total. The fourth-order valence-corrected chi connectivity index (χ4v) is 1.18. The lowest BCUT2D eigenvalue weighted by Crippen LogP contribution is -2.48. The van der Waals surface area contributed by atoms with Gasteiger partial charge in [-0.1, -0.05) is 0 Å². The van der Waals surface area contributed by atoms with E-state index in [1.165, 1.54) is 0 Å². The summed E-state index contributed by atoms with van der Waals surface area (Å²) in [4.78, 5) is 27.3. The SMILES string of the molecule is O=C(OP(=O)(O)O)[C@H](O)[C@@H](O)[C@H](O)[C@H](O)CO.[P]. The van der Waals surface area contributed by atoms with E-state index in [0.29, 0.717) is 0 Å². The third-order valence-corrected chi connectivity index (χ3v) is 2.12. The first-order chi connectivity index (χ1) is 7.60. The van der Waals surface area contributed by atoms with E-state index in [9.17, 15) is 9.36 Å². The van der Waals surface area contributed by atoms with Crippen molar-refractivity contribution in [2.45, 2.75) is 24.4 Å². The smallest absolute Gasteiger partial charge is 0.394 e. The largest absolute Gasteiger partial charge is 0.527 e. The van der Waals surface area contributed by atoms with Gasteiger partial charge in [-0.25, -0.2) is 9.36 Å². The van der Waals surface area contributed by atoms with Crippen LogP contribution in [0.5, 0.6) is 0 Å². The summed E-state index contributed by atoms with van der Waals surface area (Å²) in [5.41, 5.74) is 0. The number of carbonyl (C=O) groups is 1. The van der Waals surface area contributed by atoms with Gasteiger partial charge >= 0.3 is 13.8 Å². The lowest BCUT2D eigenvalue weighted by atomic mass is 10.0. The summed E-state index contributed by atoms with van der Waals surface area (Å²) in [6.45, 7) is -0.960. The molecule has 3 radical (unpaired) electrons. The Morgan fingerprint density at radius 1 is 1.11 bits per heavy atom. The van der Waals surface area contributed by atoms with Gasteiger partial charge in [0, 0.05) is 9.90 Å². The van der Waals surface area contributed by atoms with Gasteiger partial charge in [-0.2, -0.15) is 0 Å². The molecule has 0 aliphatic heterocycles. The van der Waals surface area contributed by atoms with Crippen LogP contribution in [0.2, 0.25) is 0 Å². The lowest BCUT2D eigenvalue weighted by molar-refractivity contribution is -0.162. The normalized spacial score (nSPS) is 18.2. The molecule has 0 bridgehead atoms. The molecule has 0 spiro atoms. The highest BCUT2D eigenvalue weighted by atomic mass is 31.2. The highest BCUT2D eigenvalue weighted by Crippen LogP contribution is 2.36. The molecule has 0 aromatic heterocycles. The number of rotatable bonds is 6. The molecule has 0 rings (SSSR count). The molecule has 0 heterocycles. The maximum Gasteiger partial charge on any atom is 0.527 e. The van der Waals surface area contributed by atoms with Crippen molar-refractivity contribution in [3.63, 3.8) is 0 Å². The van der Waals surface area contributed by atoms with Crippen molar-refractivity contribution >= 4 is 23.7 Å². The van der Waals surface area contributed by atoms with Crippen LogP contribution in [0.25, 0.3) is 0 Å². The van der Waals surface area contributed by atoms with E-state index in [0.717, 1.165) is 0 Å². The number of hydrogen-bond acceptors (Lipinski definition) is 8. The minimum Gasteiger partial charge on any atom is -0.394 e. The first kappa shape index (κ1) is 20.2. The van der Waals surface area contributed by atoms with E-state index in [4.69, 9.17) is 35.3 Å². The second-order valence-corrected chi connectivity index (χ2v) is 4.24. The number of phosphoric acid groups is 1. The summed E-state index contributed by atoms with van der Waals surface area (Å²) in [5, 5.41) is 44.6. The van der Waals surface area contributed by atoms with Gasteiger partial charge in [0.2, 0.25) is 0 Å². The van der Waals surface area contributed by atoms with Crippen LogP contribution in [0.4, 0.5) is 0 Å². The summed E-state index contributed by atoms with van der Waals surface area (Å²) in [7, 11) is -5.19. The monoisotopic (exact) mass is 307 g/mol. The van der Waals surface area contributed by atoms with Gasteiger partial charge < -0.3 is 30.1 Å². The van der Waals surface area contributed by atoms with Gasteiger partial charge in [-0.15, -0.1) is 0 Å². The predicted molar refractivity (Wildman–Crippen MR) is 56.2 cm³/mol. The van der Waals surface area contributed by atoms with Crippen molar-refractivity contribution in [2.75, 3.05) is 6.61 Å². The summed E-state index contributed by atoms with van der Waals surface area (Å²) >= 11 is 0. The van der Waals surface area contributed by atoms with E-state index < -0.39 is 44.8 Å². The minimum atomic E-state index is -5.19. The quantitative estimate of drug-likeness (QED) is 0.248. The van der Waals surface area contributed by atoms with E-state index in [1.54, 1.807) is 0 Å². The summed E-state index contributed by atoms with van der Waals surface area (Å²) in [5.74, 6) is -1.88. The molecule has 107 valence electrons. The Bertz CT molecular complexity index is 303. The fraction of sp³-hybridized carbons (Fsp3) is 0.833. The Kier molecular flexibility index (Phi) is 9.09. The van der Waals surface area contributed by atoms with Crippen molar-refractivity contribution in [2.24, 2.45) is 0 Å². The number of aliphatic hydroxyl groups excluding tert-OH is 5. The average molecular weight is 307 g/mol. The van der Waals surface area contributed by atoms with Crippen LogP contribution >= 0.6 is 17.7 Å². The Morgan fingerprint density at radius 2 is 1.56 bits per heavy atom. The summed E-state index contributed by atoms with van der Waals surface area (Å²) in [6.07, 6.45) is -8.71. The van der Waals surface area contributed by atoms with Crippen LogP contribution < -0.4 is 0 Å². The lowest BCUT2D eigenvalue weighted by Gasteiger charge is -2.24. The molecule has 0 aromatic rings. The second-order valence-electron chi connectivity index (χ2n) is 3.08. The van der Waals surface area contributed by atoms with E-state index >= 15 is 0 Å². The van der Waals surface area contributed by atoms with Crippen molar-refractivity contribution in [1.82, 2.24) is 0 Å². The number of carbonyl (C=O) groups excluding carboxylic acids is 1. The first-order valence-corrected chi connectivity index (χ1v) is 5.75. The van der Waals surface area contributed by atoms with Crippen LogP contribution in [0.15, 0.2) is 0 Å². The molecule has 0 aromatic carbocycles. The molecule has 0 amide bonds. The maximum absolute atomic E-state index is 10.8. The van der Waals surface area contributed by atoms with Crippen molar-refractivity contribution in [1.29, 1.82) is 0 Å². The molecule has 0 saturated heterocycles. The standard InChI is InChI=1S/C6H13O10P.P/c7-1-2(8)3(9)4(10)5(11)6(12)16-17(13,14)15;/h2-5,7-11H,1H2,(H2,13,14,15);/t2-,3-,4+,5-;/m1./s1. The Morgan fingerprint density at radius 3 is 1.89 bits per heavy atom. The van der Waals surface area contributed by atoms with Gasteiger partial charge in [0.25, 0.3) is 0 Å². The highest BCUT2D eigenvalue weighted by molar-refractivity contribution is 7.46. The van der Waals surface area contributed by atoms with Crippen molar-refractivity contribution < 1.29 is 49.2 Å². The highest BCUT2D eigenvalue weighted by Gasteiger charge is 2.37. The third kappa shape index (κ3) is 6.69. The zero-order valence-electron chi connectivity index (χ0n) is 8.77. The molecule has 0 fully saturated rings. The topological polar surface area (TPSA) is 185 Å². The van der Waals surface area contributed by atoms with Crippen molar-refractivity contribution in [3.8, 4) is 0 Å². The van der Waals surface area contributed by atoms with Gasteiger partial charge in [-0.3, -0.25) is 9.79 Å². The zero-order chi connectivity index (χ0) is 13.8. The molecule has 0 aliphatic carbocycles. The molecule has 0 saturated carbocycles. The van der Waals surface area contributed by atoms with Crippen LogP contribution in [0, 0.1) is 0 Å². The Balaban J connectivity index is 0. The van der Waals surface area contributed by atoms with E-state index in [1.807, 2.05) is 0 Å². The van der Waals surface area contributed by atoms with Gasteiger partial charge in [0.05, 0.1) is 6.61 Å². The number of hydrogen-bond donors (Lipinski definition) is 7. The molecule has 0 unspecified atom stereocenters. The average Bonchev–Trinajstić information content (AvgIpc) is 2.22. The summed E-state index contributed by atoms with van der Waals surface area (Å²) < 4.78 is 13.7. The van der Waals surface area contributed by atoms with E-state index in [-0.39, 0.29) is 9.90 Å².